The van der Waals surface area contributed by atoms with Crippen molar-refractivity contribution in [3.63, 3.8) is 0 Å². The van der Waals surface area contributed by atoms with Gasteiger partial charge in [0.2, 0.25) is 0 Å². The molecule has 1 amide bonds. The Kier molecular flexibility index (Phi) is 6.61. The summed E-state index contributed by atoms with van der Waals surface area (Å²) in [6.45, 7) is 7.37. The molecule has 1 heterocycles. The van der Waals surface area contributed by atoms with Crippen molar-refractivity contribution in [1.29, 1.82) is 0 Å². The molecule has 1 aliphatic heterocycles. The van der Waals surface area contributed by atoms with Crippen LogP contribution < -0.4 is 11.1 Å². The lowest BCUT2D eigenvalue weighted by molar-refractivity contribution is -0.0704. The second-order valence-electron chi connectivity index (χ2n) is 7.38. The first-order chi connectivity index (χ1) is 13.0. The summed E-state index contributed by atoms with van der Waals surface area (Å²) in [7, 11) is 0. The third-order valence-electron chi connectivity index (χ3n) is 4.83. The summed E-state index contributed by atoms with van der Waals surface area (Å²) < 4.78 is 5.78. The maximum absolute atomic E-state index is 12.4. The first kappa shape index (κ1) is 19.5. The molecule has 1 fully saturated rings. The van der Waals surface area contributed by atoms with Gasteiger partial charge in [0.1, 0.15) is 0 Å². The molecule has 144 valence electrons. The summed E-state index contributed by atoms with van der Waals surface area (Å²) >= 11 is 0. The second-order valence-corrected chi connectivity index (χ2v) is 7.38. The van der Waals surface area contributed by atoms with E-state index in [9.17, 15) is 4.79 Å². The fraction of sp³-hybridized carbons (Fsp3) is 0.409. The molecule has 2 aromatic rings. The van der Waals surface area contributed by atoms with E-state index < -0.39 is 0 Å². The molecule has 5 heteroatoms. The molecule has 0 saturated carbocycles. The molecular weight excluding hydrogens is 338 g/mol. The van der Waals surface area contributed by atoms with E-state index >= 15 is 0 Å². The maximum atomic E-state index is 12.4. The van der Waals surface area contributed by atoms with E-state index in [2.05, 4.69) is 24.1 Å². The standard InChI is InChI=1S/C22H29N3O2/c1-16-13-25(14-17(2)27-16)15-18-8-10-20(11-9-18)22(26)24-12-21(23)19-6-4-3-5-7-19/h3-11,16-17,21H,12-15,23H2,1-2H3,(H,24,26). The normalized spacial score (nSPS) is 21.6. The zero-order valence-electron chi connectivity index (χ0n) is 16.1. The topological polar surface area (TPSA) is 67.6 Å². The highest BCUT2D eigenvalue weighted by molar-refractivity contribution is 5.94. The van der Waals surface area contributed by atoms with Gasteiger partial charge in [-0.05, 0) is 37.1 Å². The van der Waals surface area contributed by atoms with Crippen molar-refractivity contribution < 1.29 is 9.53 Å². The molecule has 3 rings (SSSR count). The first-order valence-corrected chi connectivity index (χ1v) is 9.56. The molecule has 1 saturated heterocycles. The lowest BCUT2D eigenvalue weighted by atomic mass is 10.1. The summed E-state index contributed by atoms with van der Waals surface area (Å²) in [5.74, 6) is -0.0958. The van der Waals surface area contributed by atoms with Gasteiger partial charge in [0, 0.05) is 37.8 Å². The van der Waals surface area contributed by atoms with Crippen LogP contribution in [0.4, 0.5) is 0 Å². The van der Waals surface area contributed by atoms with E-state index in [1.54, 1.807) is 0 Å². The predicted molar refractivity (Wildman–Crippen MR) is 107 cm³/mol. The molecule has 5 nitrogen and oxygen atoms in total. The minimum Gasteiger partial charge on any atom is -0.373 e. The van der Waals surface area contributed by atoms with Gasteiger partial charge in [-0.1, -0.05) is 42.5 Å². The average Bonchev–Trinajstić information content (AvgIpc) is 2.66. The lowest BCUT2D eigenvalue weighted by Gasteiger charge is -2.35. The van der Waals surface area contributed by atoms with Crippen LogP contribution in [0.5, 0.6) is 0 Å². The third kappa shape index (κ3) is 5.63. The maximum Gasteiger partial charge on any atom is 0.251 e. The van der Waals surface area contributed by atoms with E-state index in [0.29, 0.717) is 12.1 Å². The summed E-state index contributed by atoms with van der Waals surface area (Å²) in [6.07, 6.45) is 0.514. The van der Waals surface area contributed by atoms with Gasteiger partial charge in [-0.25, -0.2) is 0 Å². The number of benzene rings is 2. The number of nitrogens with one attached hydrogen (secondary N) is 1. The first-order valence-electron chi connectivity index (χ1n) is 9.56. The van der Waals surface area contributed by atoms with Crippen LogP contribution in [0, 0.1) is 0 Å². The molecular formula is C22H29N3O2. The Hall–Kier alpha value is -2.21. The van der Waals surface area contributed by atoms with E-state index in [1.807, 2.05) is 54.6 Å². The molecule has 3 atom stereocenters. The van der Waals surface area contributed by atoms with Gasteiger partial charge in [0.05, 0.1) is 12.2 Å². The van der Waals surface area contributed by atoms with Gasteiger partial charge in [-0.2, -0.15) is 0 Å². The zero-order chi connectivity index (χ0) is 19.2. The highest BCUT2D eigenvalue weighted by Crippen LogP contribution is 2.15. The minimum absolute atomic E-state index is 0.0958. The molecule has 1 aliphatic rings. The second kappa shape index (κ2) is 9.13. The number of amides is 1. The number of carbonyl (C=O) groups is 1. The van der Waals surface area contributed by atoms with Crippen LogP contribution in [-0.2, 0) is 11.3 Å². The summed E-state index contributed by atoms with van der Waals surface area (Å²) in [4.78, 5) is 14.8. The molecule has 0 bridgehead atoms. The Bertz CT molecular complexity index is 723. The van der Waals surface area contributed by atoms with Crippen LogP contribution in [0.15, 0.2) is 54.6 Å². The van der Waals surface area contributed by atoms with Crippen LogP contribution in [0.1, 0.15) is 41.4 Å². The number of rotatable bonds is 6. The molecule has 3 unspecified atom stereocenters. The summed E-state index contributed by atoms with van der Waals surface area (Å²) in [5.41, 5.74) is 9.02. The van der Waals surface area contributed by atoms with Gasteiger partial charge >= 0.3 is 0 Å². The highest BCUT2D eigenvalue weighted by Gasteiger charge is 2.22. The quantitative estimate of drug-likeness (QED) is 0.824. The van der Waals surface area contributed by atoms with Crippen LogP contribution in [0.25, 0.3) is 0 Å². The highest BCUT2D eigenvalue weighted by atomic mass is 16.5. The largest absolute Gasteiger partial charge is 0.373 e. The van der Waals surface area contributed by atoms with Crippen molar-refractivity contribution in [3.8, 4) is 0 Å². The molecule has 0 spiro atoms. The van der Waals surface area contributed by atoms with Crippen molar-refractivity contribution in [1.82, 2.24) is 10.2 Å². The van der Waals surface area contributed by atoms with Crippen molar-refractivity contribution in [3.05, 3.63) is 71.3 Å². The molecule has 27 heavy (non-hydrogen) atoms. The molecule has 0 radical (unpaired) electrons. The molecule has 2 aromatic carbocycles. The van der Waals surface area contributed by atoms with E-state index in [0.717, 1.165) is 25.2 Å². The number of hydrogen-bond donors (Lipinski definition) is 2. The number of ether oxygens (including phenoxy) is 1. The SMILES string of the molecule is CC1CN(Cc2ccc(C(=O)NCC(N)c3ccccc3)cc2)CC(C)O1. The fourth-order valence-electron chi connectivity index (χ4n) is 3.56. The van der Waals surface area contributed by atoms with Crippen LogP contribution in [0.3, 0.4) is 0 Å². The monoisotopic (exact) mass is 367 g/mol. The Morgan fingerprint density at radius 2 is 1.74 bits per heavy atom. The lowest BCUT2D eigenvalue weighted by Crippen LogP contribution is -2.44. The van der Waals surface area contributed by atoms with E-state index in [-0.39, 0.29) is 24.2 Å². The number of carbonyl (C=O) groups excluding carboxylic acids is 1. The number of nitrogens with zero attached hydrogens (tertiary/aromatic N) is 1. The molecule has 0 aliphatic carbocycles. The zero-order valence-corrected chi connectivity index (χ0v) is 16.1. The Balaban J connectivity index is 1.51. The minimum atomic E-state index is -0.209. The number of morpholine rings is 1. The third-order valence-corrected chi connectivity index (χ3v) is 4.83. The average molecular weight is 367 g/mol. The number of hydrogen-bond acceptors (Lipinski definition) is 4. The van der Waals surface area contributed by atoms with Crippen molar-refractivity contribution in [2.45, 2.75) is 38.6 Å². The Morgan fingerprint density at radius 3 is 2.37 bits per heavy atom. The fourth-order valence-corrected chi connectivity index (χ4v) is 3.56. The van der Waals surface area contributed by atoms with Crippen LogP contribution in [-0.4, -0.2) is 42.6 Å². The molecule has 3 N–H and O–H groups in total. The summed E-state index contributed by atoms with van der Waals surface area (Å²) in [5, 5.41) is 2.92. The Labute approximate surface area is 161 Å². The number of nitrogens with two attached hydrogens (primary N) is 1. The van der Waals surface area contributed by atoms with Crippen LogP contribution in [0.2, 0.25) is 0 Å². The van der Waals surface area contributed by atoms with Crippen molar-refractivity contribution in [2.24, 2.45) is 5.73 Å². The predicted octanol–water partition coefficient (Wildman–Crippen LogP) is 2.73. The van der Waals surface area contributed by atoms with Gasteiger partial charge in [0.25, 0.3) is 5.91 Å². The van der Waals surface area contributed by atoms with Gasteiger partial charge in [-0.3, -0.25) is 9.69 Å². The smallest absolute Gasteiger partial charge is 0.251 e. The van der Waals surface area contributed by atoms with Gasteiger partial charge < -0.3 is 15.8 Å². The van der Waals surface area contributed by atoms with E-state index in [4.69, 9.17) is 10.5 Å². The Morgan fingerprint density at radius 1 is 1.11 bits per heavy atom. The summed E-state index contributed by atoms with van der Waals surface area (Å²) in [6, 6.07) is 17.4. The van der Waals surface area contributed by atoms with Crippen molar-refractivity contribution in [2.75, 3.05) is 19.6 Å². The van der Waals surface area contributed by atoms with Gasteiger partial charge in [-0.15, -0.1) is 0 Å². The van der Waals surface area contributed by atoms with Crippen molar-refractivity contribution >= 4 is 5.91 Å². The van der Waals surface area contributed by atoms with E-state index in [1.165, 1.54) is 5.56 Å². The molecule has 0 aromatic heterocycles. The van der Waals surface area contributed by atoms with Crippen LogP contribution >= 0.6 is 0 Å². The van der Waals surface area contributed by atoms with Gasteiger partial charge in [0.15, 0.2) is 0 Å².